The lowest BCUT2D eigenvalue weighted by Crippen LogP contribution is -2.51. The highest BCUT2D eigenvalue weighted by Crippen LogP contribution is 2.28. The van der Waals surface area contributed by atoms with Crippen molar-refractivity contribution in [3.8, 4) is 0 Å². The van der Waals surface area contributed by atoms with Crippen molar-refractivity contribution in [3.05, 3.63) is 81.4 Å². The van der Waals surface area contributed by atoms with Crippen LogP contribution < -0.4 is 0 Å². The van der Waals surface area contributed by atoms with Crippen molar-refractivity contribution in [3.63, 3.8) is 0 Å². The number of halogens is 2. The first-order chi connectivity index (χ1) is 16.4. The summed E-state index contributed by atoms with van der Waals surface area (Å²) in [4.78, 5) is 29.0. The van der Waals surface area contributed by atoms with Crippen LogP contribution in [0.15, 0.2) is 42.5 Å². The second-order valence-electron chi connectivity index (χ2n) is 8.49. The predicted octanol–water partition coefficient (Wildman–Crippen LogP) is 3.25. The number of aromatic nitrogens is 3. The quantitative estimate of drug-likeness (QED) is 0.571. The number of piperazine rings is 1. The smallest absolute Gasteiger partial charge is 0.276 e. The van der Waals surface area contributed by atoms with Gasteiger partial charge in [0.25, 0.3) is 11.8 Å². The van der Waals surface area contributed by atoms with Gasteiger partial charge in [-0.05, 0) is 30.7 Å². The fourth-order valence-electron chi connectivity index (χ4n) is 4.25. The Morgan fingerprint density at radius 2 is 1.71 bits per heavy atom. The van der Waals surface area contributed by atoms with Crippen LogP contribution >= 0.6 is 11.6 Å². The SMILES string of the molecule is Cc1ccc([C@H]2Cn3nnc(C(=O)N4CCN(C(=O)c5cc(Cl)ccc5F)CC4)c3CO2)cc1. The lowest BCUT2D eigenvalue weighted by atomic mass is 10.1. The van der Waals surface area contributed by atoms with E-state index in [1.54, 1.807) is 9.58 Å². The molecule has 0 radical (unpaired) electrons. The van der Waals surface area contributed by atoms with Gasteiger partial charge in [-0.3, -0.25) is 9.59 Å². The van der Waals surface area contributed by atoms with E-state index in [9.17, 15) is 14.0 Å². The summed E-state index contributed by atoms with van der Waals surface area (Å²) in [5.41, 5.74) is 3.07. The molecule has 8 nitrogen and oxygen atoms in total. The number of carbonyl (C=O) groups excluding carboxylic acids is 2. The fraction of sp³-hybridized carbons (Fsp3) is 0.333. The van der Waals surface area contributed by atoms with E-state index in [2.05, 4.69) is 10.3 Å². The molecule has 3 aromatic rings. The highest BCUT2D eigenvalue weighted by atomic mass is 35.5. The standard InChI is InChI=1S/C24H23ClFN5O3/c1-15-2-4-16(5-3-15)21-13-31-20(14-34-21)22(27-28-31)24(33)30-10-8-29(9-11-30)23(32)18-12-17(25)6-7-19(18)26/h2-7,12,21H,8-11,13-14H2,1H3/t21-/m1/s1. The summed E-state index contributed by atoms with van der Waals surface area (Å²) in [5.74, 6) is -1.31. The average molecular weight is 484 g/mol. The van der Waals surface area contributed by atoms with E-state index >= 15 is 0 Å². The summed E-state index contributed by atoms with van der Waals surface area (Å²) in [7, 11) is 0. The molecule has 1 saturated heterocycles. The van der Waals surface area contributed by atoms with Gasteiger partial charge in [0, 0.05) is 31.2 Å². The molecule has 1 aromatic heterocycles. The van der Waals surface area contributed by atoms with Crippen molar-refractivity contribution in [2.45, 2.75) is 26.2 Å². The molecule has 1 fully saturated rings. The number of amides is 2. The maximum absolute atomic E-state index is 14.1. The van der Waals surface area contributed by atoms with Crippen molar-refractivity contribution in [1.29, 1.82) is 0 Å². The van der Waals surface area contributed by atoms with E-state index in [-0.39, 0.29) is 43.0 Å². The number of ether oxygens (including phenoxy) is 1. The van der Waals surface area contributed by atoms with Crippen LogP contribution in [0.5, 0.6) is 0 Å². The van der Waals surface area contributed by atoms with Gasteiger partial charge in [-0.15, -0.1) is 5.10 Å². The molecule has 0 saturated carbocycles. The van der Waals surface area contributed by atoms with Crippen molar-refractivity contribution in [1.82, 2.24) is 24.8 Å². The van der Waals surface area contributed by atoms with E-state index < -0.39 is 11.7 Å². The lowest BCUT2D eigenvalue weighted by molar-refractivity contribution is -0.00203. The van der Waals surface area contributed by atoms with Crippen LogP contribution in [0.2, 0.25) is 5.02 Å². The van der Waals surface area contributed by atoms with Gasteiger partial charge < -0.3 is 14.5 Å². The predicted molar refractivity (Wildman–Crippen MR) is 122 cm³/mol. The largest absolute Gasteiger partial charge is 0.365 e. The third-order valence-electron chi connectivity index (χ3n) is 6.26. The molecule has 5 rings (SSSR count). The van der Waals surface area contributed by atoms with Crippen molar-refractivity contribution < 1.29 is 18.7 Å². The van der Waals surface area contributed by atoms with E-state index in [1.807, 2.05) is 31.2 Å². The van der Waals surface area contributed by atoms with Crippen LogP contribution in [-0.2, 0) is 17.9 Å². The minimum absolute atomic E-state index is 0.0695. The molecule has 0 N–H and O–H groups in total. The minimum Gasteiger partial charge on any atom is -0.365 e. The summed E-state index contributed by atoms with van der Waals surface area (Å²) in [6.07, 6.45) is -0.154. The molecule has 2 aliphatic heterocycles. The third-order valence-corrected chi connectivity index (χ3v) is 6.50. The van der Waals surface area contributed by atoms with Gasteiger partial charge in [0.2, 0.25) is 0 Å². The van der Waals surface area contributed by atoms with Crippen molar-refractivity contribution >= 4 is 23.4 Å². The molecule has 0 bridgehead atoms. The highest BCUT2D eigenvalue weighted by molar-refractivity contribution is 6.31. The Bertz CT molecular complexity index is 1240. The summed E-state index contributed by atoms with van der Waals surface area (Å²) >= 11 is 5.91. The molecule has 2 amide bonds. The van der Waals surface area contributed by atoms with Crippen LogP contribution in [0, 0.1) is 12.7 Å². The molecule has 2 aromatic carbocycles. The van der Waals surface area contributed by atoms with E-state index in [4.69, 9.17) is 16.3 Å². The van der Waals surface area contributed by atoms with Crippen molar-refractivity contribution in [2.24, 2.45) is 0 Å². The van der Waals surface area contributed by atoms with Gasteiger partial charge >= 0.3 is 0 Å². The Balaban J connectivity index is 1.23. The van der Waals surface area contributed by atoms with Gasteiger partial charge in [-0.2, -0.15) is 0 Å². The number of fused-ring (bicyclic) bond motifs is 1. The minimum atomic E-state index is -0.618. The summed E-state index contributed by atoms with van der Waals surface area (Å²) in [6.45, 7) is 3.94. The molecular formula is C24H23ClFN5O3. The number of benzene rings is 2. The first-order valence-electron chi connectivity index (χ1n) is 11.0. The highest BCUT2D eigenvalue weighted by Gasteiger charge is 2.32. The zero-order valence-corrected chi connectivity index (χ0v) is 19.3. The van der Waals surface area contributed by atoms with Crippen LogP contribution in [-0.4, -0.2) is 62.8 Å². The van der Waals surface area contributed by atoms with Crippen LogP contribution in [0.4, 0.5) is 4.39 Å². The van der Waals surface area contributed by atoms with Gasteiger partial charge in [-0.25, -0.2) is 9.07 Å². The maximum Gasteiger partial charge on any atom is 0.276 e. The van der Waals surface area contributed by atoms with E-state index in [1.165, 1.54) is 28.7 Å². The average Bonchev–Trinajstić information content (AvgIpc) is 3.28. The number of aryl methyl sites for hydroxylation is 1. The zero-order chi connectivity index (χ0) is 23.8. The molecular weight excluding hydrogens is 461 g/mol. The molecule has 176 valence electrons. The van der Waals surface area contributed by atoms with Gasteiger partial charge in [0.05, 0.1) is 24.4 Å². The second-order valence-corrected chi connectivity index (χ2v) is 8.92. The number of rotatable bonds is 3. The Labute approximate surface area is 200 Å². The van der Waals surface area contributed by atoms with Gasteiger partial charge in [-0.1, -0.05) is 46.6 Å². The topological polar surface area (TPSA) is 80.6 Å². The van der Waals surface area contributed by atoms with Crippen LogP contribution in [0.3, 0.4) is 0 Å². The Morgan fingerprint density at radius 1 is 1.03 bits per heavy atom. The molecule has 0 unspecified atom stereocenters. The Hall–Kier alpha value is -3.30. The molecule has 0 aliphatic carbocycles. The zero-order valence-electron chi connectivity index (χ0n) is 18.6. The molecule has 10 heteroatoms. The van der Waals surface area contributed by atoms with Gasteiger partial charge in [0.15, 0.2) is 5.69 Å². The number of carbonyl (C=O) groups is 2. The first-order valence-corrected chi connectivity index (χ1v) is 11.4. The molecule has 0 spiro atoms. The second kappa shape index (κ2) is 9.15. The summed E-state index contributed by atoms with van der Waals surface area (Å²) in [6, 6.07) is 12.0. The lowest BCUT2D eigenvalue weighted by Gasteiger charge is -2.34. The van der Waals surface area contributed by atoms with E-state index in [0.717, 1.165) is 5.56 Å². The molecule has 1 atom stereocenters. The van der Waals surface area contributed by atoms with Crippen LogP contribution in [0.1, 0.15) is 43.8 Å². The first kappa shape index (κ1) is 22.5. The third kappa shape index (κ3) is 4.28. The molecule has 3 heterocycles. The van der Waals surface area contributed by atoms with Crippen molar-refractivity contribution in [2.75, 3.05) is 26.2 Å². The monoisotopic (exact) mass is 483 g/mol. The number of nitrogens with zero attached hydrogens (tertiary/aromatic N) is 5. The summed E-state index contributed by atoms with van der Waals surface area (Å²) in [5, 5.41) is 8.62. The number of hydrogen-bond acceptors (Lipinski definition) is 5. The Kier molecular flexibility index (Phi) is 6.05. The maximum atomic E-state index is 14.1. The van der Waals surface area contributed by atoms with Crippen LogP contribution in [0.25, 0.3) is 0 Å². The van der Waals surface area contributed by atoms with Gasteiger partial charge in [0.1, 0.15) is 11.9 Å². The van der Waals surface area contributed by atoms with E-state index in [0.29, 0.717) is 30.4 Å². The molecule has 34 heavy (non-hydrogen) atoms. The Morgan fingerprint density at radius 3 is 2.41 bits per heavy atom. The molecule has 2 aliphatic rings. The fourth-order valence-corrected chi connectivity index (χ4v) is 4.43. The number of hydrogen-bond donors (Lipinski definition) is 0. The summed E-state index contributed by atoms with van der Waals surface area (Å²) < 4.78 is 21.8. The normalized spacial score (nSPS) is 18.0.